The zero-order valence-electron chi connectivity index (χ0n) is 22.7. The number of ether oxygens (including phenoxy) is 2. The number of hydrogen-bond acceptors (Lipinski definition) is 6. The standard InChI is InChI=1S/C28H40N2O6Si/c1-28(2,3)37(5,6)36-18-17-23(26(32)34-4)29-25(31)24(19-21-13-9-7-10-14-21)30-27(33)35-20-22-15-11-8-12-16-22/h7-16,23-24H,17-20H2,1-6H3,(H,29,31)(H,30,33)/t23-,24-/m0/s1. The molecular formula is C28H40N2O6Si. The summed E-state index contributed by atoms with van der Waals surface area (Å²) in [5.74, 6) is -1.08. The van der Waals surface area contributed by atoms with Gasteiger partial charge in [0.1, 0.15) is 18.7 Å². The van der Waals surface area contributed by atoms with Crippen LogP contribution in [0.4, 0.5) is 4.79 Å². The predicted molar refractivity (Wildman–Crippen MR) is 145 cm³/mol. The van der Waals surface area contributed by atoms with Crippen LogP contribution in [0.15, 0.2) is 60.7 Å². The highest BCUT2D eigenvalue weighted by atomic mass is 28.4. The van der Waals surface area contributed by atoms with Crippen LogP contribution in [0, 0.1) is 0 Å². The molecule has 202 valence electrons. The molecule has 9 heteroatoms. The Morgan fingerprint density at radius 2 is 1.43 bits per heavy atom. The second kappa shape index (κ2) is 13.9. The summed E-state index contributed by atoms with van der Waals surface area (Å²) >= 11 is 0. The van der Waals surface area contributed by atoms with E-state index in [2.05, 4.69) is 44.5 Å². The van der Waals surface area contributed by atoms with Gasteiger partial charge in [0.2, 0.25) is 5.91 Å². The quantitative estimate of drug-likeness (QED) is 0.308. The minimum atomic E-state index is -2.03. The topological polar surface area (TPSA) is 103 Å². The molecule has 8 nitrogen and oxygen atoms in total. The zero-order valence-corrected chi connectivity index (χ0v) is 23.7. The second-order valence-corrected chi connectivity index (χ2v) is 15.2. The second-order valence-electron chi connectivity index (χ2n) is 10.4. The molecule has 0 aliphatic rings. The van der Waals surface area contributed by atoms with Crippen LogP contribution in [-0.4, -0.2) is 52.1 Å². The Morgan fingerprint density at radius 1 is 0.865 bits per heavy atom. The summed E-state index contributed by atoms with van der Waals surface area (Å²) in [6.07, 6.45) is -0.251. The molecule has 2 aromatic carbocycles. The maximum absolute atomic E-state index is 13.3. The monoisotopic (exact) mass is 528 g/mol. The van der Waals surface area contributed by atoms with E-state index in [4.69, 9.17) is 13.9 Å². The summed E-state index contributed by atoms with van der Waals surface area (Å²) in [6.45, 7) is 11.0. The molecule has 0 saturated heterocycles. The largest absolute Gasteiger partial charge is 0.467 e. The lowest BCUT2D eigenvalue weighted by Gasteiger charge is -2.36. The van der Waals surface area contributed by atoms with Crippen LogP contribution >= 0.6 is 0 Å². The fourth-order valence-electron chi connectivity index (χ4n) is 3.28. The molecule has 0 spiro atoms. The molecule has 0 aliphatic heterocycles. The van der Waals surface area contributed by atoms with E-state index in [1.165, 1.54) is 7.11 Å². The van der Waals surface area contributed by atoms with E-state index >= 15 is 0 Å². The van der Waals surface area contributed by atoms with Gasteiger partial charge in [0.05, 0.1) is 7.11 Å². The third kappa shape index (κ3) is 10.0. The van der Waals surface area contributed by atoms with Gasteiger partial charge in [-0.2, -0.15) is 0 Å². The molecule has 2 atom stereocenters. The van der Waals surface area contributed by atoms with Gasteiger partial charge in [0.15, 0.2) is 8.32 Å². The van der Waals surface area contributed by atoms with Crippen LogP contribution in [0.3, 0.4) is 0 Å². The maximum Gasteiger partial charge on any atom is 0.408 e. The molecule has 0 heterocycles. The number of alkyl carbamates (subject to hydrolysis) is 1. The minimum Gasteiger partial charge on any atom is -0.467 e. The molecular weight excluding hydrogens is 488 g/mol. The number of carbonyl (C=O) groups is 3. The number of amides is 2. The van der Waals surface area contributed by atoms with Crippen molar-refractivity contribution in [1.82, 2.24) is 10.6 Å². The van der Waals surface area contributed by atoms with Gasteiger partial charge >= 0.3 is 12.1 Å². The summed E-state index contributed by atoms with van der Waals surface area (Å²) in [5.41, 5.74) is 1.68. The summed E-state index contributed by atoms with van der Waals surface area (Å²) in [6, 6.07) is 16.7. The summed E-state index contributed by atoms with van der Waals surface area (Å²) in [7, 11) is -0.752. The van der Waals surface area contributed by atoms with Crippen molar-refractivity contribution >= 4 is 26.3 Å². The third-order valence-electron chi connectivity index (χ3n) is 6.58. The molecule has 2 rings (SSSR count). The number of esters is 1. The van der Waals surface area contributed by atoms with E-state index in [-0.39, 0.29) is 24.5 Å². The Kier molecular flexibility index (Phi) is 11.3. The van der Waals surface area contributed by atoms with Crippen molar-refractivity contribution in [2.75, 3.05) is 13.7 Å². The van der Waals surface area contributed by atoms with Crippen molar-refractivity contribution in [2.45, 2.75) is 70.4 Å². The van der Waals surface area contributed by atoms with Gasteiger partial charge in [0.25, 0.3) is 0 Å². The molecule has 0 radical (unpaired) electrons. The van der Waals surface area contributed by atoms with Crippen molar-refractivity contribution in [2.24, 2.45) is 0 Å². The SMILES string of the molecule is COC(=O)[C@H](CCO[Si](C)(C)C(C)(C)C)NC(=O)[C@H](Cc1ccccc1)NC(=O)OCc1ccccc1. The number of carbonyl (C=O) groups excluding carboxylic acids is 3. The van der Waals surface area contributed by atoms with Crippen LogP contribution < -0.4 is 10.6 Å². The number of rotatable bonds is 12. The lowest BCUT2D eigenvalue weighted by molar-refractivity contribution is -0.145. The van der Waals surface area contributed by atoms with Gasteiger partial charge in [-0.25, -0.2) is 9.59 Å². The van der Waals surface area contributed by atoms with Gasteiger partial charge < -0.3 is 24.5 Å². The third-order valence-corrected chi connectivity index (χ3v) is 11.1. The van der Waals surface area contributed by atoms with Gasteiger partial charge in [-0.15, -0.1) is 0 Å². The first-order valence-electron chi connectivity index (χ1n) is 12.5. The smallest absolute Gasteiger partial charge is 0.408 e. The van der Waals surface area contributed by atoms with Crippen molar-refractivity contribution in [3.63, 3.8) is 0 Å². The van der Waals surface area contributed by atoms with Crippen LogP contribution in [-0.2, 0) is 36.5 Å². The Balaban J connectivity index is 2.08. The van der Waals surface area contributed by atoms with Crippen LogP contribution in [0.1, 0.15) is 38.3 Å². The Morgan fingerprint density at radius 3 is 1.97 bits per heavy atom. The average molecular weight is 529 g/mol. The highest BCUT2D eigenvalue weighted by Gasteiger charge is 2.37. The summed E-state index contributed by atoms with van der Waals surface area (Å²) < 4.78 is 16.4. The normalized spacial score (nSPS) is 13.2. The van der Waals surface area contributed by atoms with E-state index in [0.717, 1.165) is 11.1 Å². The van der Waals surface area contributed by atoms with E-state index in [0.29, 0.717) is 6.61 Å². The lowest BCUT2D eigenvalue weighted by Crippen LogP contribution is -2.53. The zero-order chi connectivity index (χ0) is 27.5. The predicted octanol–water partition coefficient (Wildman–Crippen LogP) is 4.59. The van der Waals surface area contributed by atoms with Crippen LogP contribution in [0.25, 0.3) is 0 Å². The van der Waals surface area contributed by atoms with Crippen molar-refractivity contribution in [1.29, 1.82) is 0 Å². The first-order valence-corrected chi connectivity index (χ1v) is 15.4. The fraction of sp³-hybridized carbons (Fsp3) is 0.464. The summed E-state index contributed by atoms with van der Waals surface area (Å²) in [5, 5.41) is 5.41. The number of hydrogen-bond donors (Lipinski definition) is 2. The first kappa shape index (κ1) is 30.1. The van der Waals surface area contributed by atoms with E-state index < -0.39 is 38.4 Å². The minimum absolute atomic E-state index is 0.0157. The Hall–Kier alpha value is -3.17. The molecule has 0 saturated carbocycles. The Bertz CT molecular complexity index is 1010. The van der Waals surface area contributed by atoms with Gasteiger partial charge in [-0.1, -0.05) is 81.4 Å². The average Bonchev–Trinajstić information content (AvgIpc) is 2.86. The van der Waals surface area contributed by atoms with E-state index in [1.54, 1.807) is 0 Å². The maximum atomic E-state index is 13.3. The van der Waals surface area contributed by atoms with Crippen LogP contribution in [0.5, 0.6) is 0 Å². The molecule has 0 bridgehead atoms. The first-order chi connectivity index (χ1) is 17.4. The molecule has 2 amide bonds. The molecule has 37 heavy (non-hydrogen) atoms. The van der Waals surface area contributed by atoms with Gasteiger partial charge in [0, 0.05) is 19.4 Å². The Labute approximate surface area is 221 Å². The molecule has 0 aliphatic carbocycles. The molecule has 0 fully saturated rings. The molecule has 2 aromatic rings. The number of nitrogens with one attached hydrogen (secondary N) is 2. The van der Waals surface area contributed by atoms with E-state index in [9.17, 15) is 14.4 Å². The van der Waals surface area contributed by atoms with Gasteiger partial charge in [-0.05, 0) is 29.3 Å². The fourth-order valence-corrected chi connectivity index (χ4v) is 4.34. The lowest BCUT2D eigenvalue weighted by atomic mass is 10.0. The highest BCUT2D eigenvalue weighted by molar-refractivity contribution is 6.74. The molecule has 0 aromatic heterocycles. The molecule has 0 unspecified atom stereocenters. The highest BCUT2D eigenvalue weighted by Crippen LogP contribution is 2.36. The van der Waals surface area contributed by atoms with Gasteiger partial charge in [-0.3, -0.25) is 4.79 Å². The molecule has 2 N–H and O–H groups in total. The summed E-state index contributed by atoms with van der Waals surface area (Å²) in [4.78, 5) is 38.3. The number of benzene rings is 2. The van der Waals surface area contributed by atoms with E-state index in [1.807, 2.05) is 60.7 Å². The van der Waals surface area contributed by atoms with Crippen LogP contribution in [0.2, 0.25) is 18.1 Å². The number of methoxy groups -OCH3 is 1. The van der Waals surface area contributed by atoms with Crippen molar-refractivity contribution in [3.05, 3.63) is 71.8 Å². The van der Waals surface area contributed by atoms with Crippen molar-refractivity contribution < 1.29 is 28.3 Å². The van der Waals surface area contributed by atoms with Crippen molar-refractivity contribution in [3.8, 4) is 0 Å².